The Bertz CT molecular complexity index is 867. The highest BCUT2D eigenvalue weighted by molar-refractivity contribution is 6.05. The van der Waals surface area contributed by atoms with Gasteiger partial charge in [-0.25, -0.2) is 4.39 Å². The molecule has 1 heterocycles. The van der Waals surface area contributed by atoms with Crippen LogP contribution < -0.4 is 10.2 Å². The fourth-order valence-electron chi connectivity index (χ4n) is 3.04. The molecule has 2 aromatic rings. The summed E-state index contributed by atoms with van der Waals surface area (Å²) in [5.74, 6) is -1.35. The highest BCUT2D eigenvalue weighted by Gasteiger charge is 2.21. The van der Waals surface area contributed by atoms with Crippen LogP contribution in [-0.4, -0.2) is 23.9 Å². The molecule has 0 saturated carbocycles. The van der Waals surface area contributed by atoms with Gasteiger partial charge >= 0.3 is 0 Å². The number of amides is 1. The summed E-state index contributed by atoms with van der Waals surface area (Å²) in [6.45, 7) is 5.20. The van der Waals surface area contributed by atoms with Crippen LogP contribution in [-0.2, 0) is 6.42 Å². The Hall–Kier alpha value is -2.96. The molecule has 1 amide bonds. The number of fused-ring (bicyclic) bond motifs is 1. The van der Waals surface area contributed by atoms with Crippen LogP contribution >= 0.6 is 0 Å². The maximum atomic E-state index is 13.9. The van der Waals surface area contributed by atoms with Crippen molar-refractivity contribution < 1.29 is 14.1 Å². The van der Waals surface area contributed by atoms with E-state index in [-0.39, 0.29) is 11.1 Å². The first-order chi connectivity index (χ1) is 11.9. The molecule has 130 valence electrons. The largest absolute Gasteiger partial charge is 0.371 e. The Morgan fingerprint density at radius 1 is 1.36 bits per heavy atom. The summed E-state index contributed by atoms with van der Waals surface area (Å²) in [4.78, 5) is 24.9. The Labute approximate surface area is 144 Å². The van der Waals surface area contributed by atoms with E-state index in [1.807, 2.05) is 12.1 Å². The molecule has 0 bridgehead atoms. The number of nitro benzene ring substituents is 1. The van der Waals surface area contributed by atoms with Gasteiger partial charge in [-0.3, -0.25) is 14.9 Å². The zero-order valence-electron chi connectivity index (χ0n) is 14.0. The van der Waals surface area contributed by atoms with E-state index in [1.54, 1.807) is 6.07 Å². The number of nitrogens with one attached hydrogen (secondary N) is 1. The molecule has 0 fully saturated rings. The van der Waals surface area contributed by atoms with E-state index in [9.17, 15) is 19.3 Å². The molecule has 0 atom stereocenters. The molecule has 25 heavy (non-hydrogen) atoms. The number of benzene rings is 2. The number of halogens is 1. The minimum Gasteiger partial charge on any atom is -0.371 e. The van der Waals surface area contributed by atoms with Crippen molar-refractivity contribution in [2.45, 2.75) is 20.3 Å². The molecule has 1 aliphatic heterocycles. The molecular formula is C18H18FN3O3. The van der Waals surface area contributed by atoms with E-state index in [0.717, 1.165) is 37.3 Å². The van der Waals surface area contributed by atoms with Gasteiger partial charge < -0.3 is 10.2 Å². The van der Waals surface area contributed by atoms with Crippen molar-refractivity contribution in [1.29, 1.82) is 0 Å². The fourth-order valence-corrected chi connectivity index (χ4v) is 3.04. The summed E-state index contributed by atoms with van der Waals surface area (Å²) in [5, 5.41) is 13.7. The number of anilines is 2. The van der Waals surface area contributed by atoms with E-state index in [0.29, 0.717) is 5.69 Å². The van der Waals surface area contributed by atoms with E-state index in [1.165, 1.54) is 12.5 Å². The monoisotopic (exact) mass is 343 g/mol. The van der Waals surface area contributed by atoms with Gasteiger partial charge in [0.15, 0.2) is 0 Å². The highest BCUT2D eigenvalue weighted by atomic mass is 19.1. The molecule has 6 nitrogen and oxygen atoms in total. The third kappa shape index (κ3) is 3.17. The van der Waals surface area contributed by atoms with Crippen molar-refractivity contribution in [3.05, 3.63) is 63.0 Å². The molecule has 2 aromatic carbocycles. The number of rotatable bonds is 4. The van der Waals surface area contributed by atoms with Gasteiger partial charge in [0.2, 0.25) is 0 Å². The first kappa shape index (κ1) is 16.9. The Morgan fingerprint density at radius 3 is 2.80 bits per heavy atom. The first-order valence-corrected chi connectivity index (χ1v) is 8.04. The molecule has 0 aliphatic carbocycles. The molecular weight excluding hydrogens is 325 g/mol. The highest BCUT2D eigenvalue weighted by Crippen LogP contribution is 2.31. The Kier molecular flexibility index (Phi) is 4.39. The predicted molar refractivity (Wildman–Crippen MR) is 93.8 cm³/mol. The second kappa shape index (κ2) is 6.51. The minimum absolute atomic E-state index is 0.0809. The molecule has 3 rings (SSSR count). The summed E-state index contributed by atoms with van der Waals surface area (Å²) in [5.41, 5.74) is 2.29. The number of carbonyl (C=O) groups is 1. The molecule has 7 heteroatoms. The summed E-state index contributed by atoms with van der Waals surface area (Å²) in [7, 11) is 0. The zero-order valence-corrected chi connectivity index (χ0v) is 14.0. The normalized spacial score (nSPS) is 12.8. The summed E-state index contributed by atoms with van der Waals surface area (Å²) in [6.07, 6.45) is 0.965. The maximum Gasteiger partial charge on any atom is 0.276 e. The average Bonchev–Trinajstić information content (AvgIpc) is 2.99. The van der Waals surface area contributed by atoms with Gasteiger partial charge in [-0.1, -0.05) is 6.07 Å². The maximum absolute atomic E-state index is 13.9. The van der Waals surface area contributed by atoms with E-state index in [4.69, 9.17) is 0 Å². The van der Waals surface area contributed by atoms with Crippen molar-refractivity contribution in [2.24, 2.45) is 0 Å². The summed E-state index contributed by atoms with van der Waals surface area (Å²) < 4.78 is 13.9. The van der Waals surface area contributed by atoms with Crippen LogP contribution in [0.2, 0.25) is 0 Å². The molecule has 0 aromatic heterocycles. The number of carbonyl (C=O) groups excluding carboxylic acids is 1. The van der Waals surface area contributed by atoms with E-state index >= 15 is 0 Å². The van der Waals surface area contributed by atoms with Crippen LogP contribution in [0.1, 0.15) is 28.4 Å². The zero-order chi connectivity index (χ0) is 18.1. The SMILES string of the molecule is CCN1CCc2ccc(NC(=O)c3cc(F)c(C)c([N+](=O)[O-])c3)cc21. The topological polar surface area (TPSA) is 75.5 Å². The number of hydrogen-bond acceptors (Lipinski definition) is 4. The third-order valence-electron chi connectivity index (χ3n) is 4.49. The average molecular weight is 343 g/mol. The van der Waals surface area contributed by atoms with Gasteiger partial charge in [0.1, 0.15) is 5.82 Å². The van der Waals surface area contributed by atoms with Gasteiger partial charge in [-0.15, -0.1) is 0 Å². The molecule has 0 unspecified atom stereocenters. The van der Waals surface area contributed by atoms with E-state index in [2.05, 4.69) is 17.1 Å². The van der Waals surface area contributed by atoms with Crippen molar-refractivity contribution in [2.75, 3.05) is 23.3 Å². The number of nitrogens with zero attached hydrogens (tertiary/aromatic N) is 2. The third-order valence-corrected chi connectivity index (χ3v) is 4.49. The van der Waals surface area contributed by atoms with Crippen molar-refractivity contribution in [1.82, 2.24) is 0 Å². The first-order valence-electron chi connectivity index (χ1n) is 8.04. The predicted octanol–water partition coefficient (Wildman–Crippen LogP) is 3.68. The molecule has 0 radical (unpaired) electrons. The van der Waals surface area contributed by atoms with Gasteiger partial charge in [0, 0.05) is 36.1 Å². The van der Waals surface area contributed by atoms with Gasteiger partial charge in [-0.2, -0.15) is 0 Å². The van der Waals surface area contributed by atoms with Gasteiger partial charge in [0.25, 0.3) is 11.6 Å². The van der Waals surface area contributed by atoms with Crippen LogP contribution in [0, 0.1) is 22.9 Å². The lowest BCUT2D eigenvalue weighted by molar-refractivity contribution is -0.385. The summed E-state index contributed by atoms with van der Waals surface area (Å²) >= 11 is 0. The van der Waals surface area contributed by atoms with Crippen LogP contribution in [0.15, 0.2) is 30.3 Å². The smallest absolute Gasteiger partial charge is 0.276 e. The van der Waals surface area contributed by atoms with Crippen LogP contribution in [0.3, 0.4) is 0 Å². The van der Waals surface area contributed by atoms with Crippen molar-refractivity contribution >= 4 is 23.0 Å². The summed E-state index contributed by atoms with van der Waals surface area (Å²) in [6, 6.07) is 7.74. The van der Waals surface area contributed by atoms with Crippen LogP contribution in [0.4, 0.5) is 21.5 Å². The second-order valence-electron chi connectivity index (χ2n) is 5.99. The Balaban J connectivity index is 1.87. The standard InChI is InChI=1S/C18H18FN3O3/c1-3-21-7-6-12-4-5-14(10-17(12)21)20-18(23)13-8-15(19)11(2)16(9-13)22(24)25/h4-5,8-10H,3,6-7H2,1-2H3,(H,20,23). The fraction of sp³-hybridized carbons (Fsp3) is 0.278. The quantitative estimate of drug-likeness (QED) is 0.679. The minimum atomic E-state index is -0.773. The molecule has 1 aliphatic rings. The lowest BCUT2D eigenvalue weighted by Crippen LogP contribution is -2.19. The number of likely N-dealkylation sites (N-methyl/N-ethyl adjacent to an activating group) is 1. The lowest BCUT2D eigenvalue weighted by Gasteiger charge is -2.17. The number of hydrogen-bond donors (Lipinski definition) is 1. The van der Waals surface area contributed by atoms with Gasteiger partial charge in [0.05, 0.1) is 10.5 Å². The van der Waals surface area contributed by atoms with Crippen molar-refractivity contribution in [3.8, 4) is 0 Å². The lowest BCUT2D eigenvalue weighted by atomic mass is 10.1. The van der Waals surface area contributed by atoms with E-state index < -0.39 is 22.3 Å². The molecule has 0 spiro atoms. The molecule has 0 saturated heterocycles. The van der Waals surface area contributed by atoms with Crippen LogP contribution in [0.25, 0.3) is 0 Å². The Morgan fingerprint density at radius 2 is 2.12 bits per heavy atom. The molecule has 1 N–H and O–H groups in total. The number of nitro groups is 1. The van der Waals surface area contributed by atoms with Crippen molar-refractivity contribution in [3.63, 3.8) is 0 Å². The van der Waals surface area contributed by atoms with Crippen LogP contribution in [0.5, 0.6) is 0 Å². The second-order valence-corrected chi connectivity index (χ2v) is 5.99. The van der Waals surface area contributed by atoms with Gasteiger partial charge in [-0.05, 0) is 44.0 Å².